The van der Waals surface area contributed by atoms with Crippen molar-refractivity contribution in [1.82, 2.24) is 5.32 Å². The van der Waals surface area contributed by atoms with Crippen LogP contribution < -0.4 is 10.1 Å². The average molecular weight is 279 g/mol. The first kappa shape index (κ1) is 15.3. The van der Waals surface area contributed by atoms with Crippen LogP contribution in [-0.2, 0) is 0 Å². The first-order valence-electron chi connectivity index (χ1n) is 7.74. The van der Waals surface area contributed by atoms with Crippen molar-refractivity contribution in [2.75, 3.05) is 7.05 Å². The summed E-state index contributed by atoms with van der Waals surface area (Å²) >= 11 is 0. The summed E-state index contributed by atoms with van der Waals surface area (Å²) in [6.07, 6.45) is 6.23. The molecule has 1 aromatic carbocycles. The van der Waals surface area contributed by atoms with E-state index in [1.54, 1.807) is 6.07 Å². The molecule has 2 nitrogen and oxygen atoms in total. The standard InChI is InChI=1S/C17H26FNO/c1-4-5-13-6-8-15(19-3)17(11-13)20-16-9-7-14(18)10-12(16)2/h7,9-10,13,15,17,19H,4-6,8,11H2,1-3H3. The fourth-order valence-electron chi connectivity index (χ4n) is 3.25. The molecule has 1 fully saturated rings. The third-order valence-corrected chi connectivity index (χ3v) is 4.38. The second kappa shape index (κ2) is 7.07. The van der Waals surface area contributed by atoms with Gasteiger partial charge in [-0.1, -0.05) is 19.8 Å². The van der Waals surface area contributed by atoms with E-state index in [1.165, 1.54) is 31.4 Å². The molecule has 2 rings (SSSR count). The molecule has 1 aliphatic rings. The van der Waals surface area contributed by atoms with Crippen LogP contribution in [0.15, 0.2) is 18.2 Å². The van der Waals surface area contributed by atoms with E-state index in [9.17, 15) is 4.39 Å². The Balaban J connectivity index is 2.07. The summed E-state index contributed by atoms with van der Waals surface area (Å²) in [6, 6.07) is 5.16. The van der Waals surface area contributed by atoms with E-state index in [4.69, 9.17) is 4.74 Å². The van der Waals surface area contributed by atoms with E-state index < -0.39 is 0 Å². The van der Waals surface area contributed by atoms with Gasteiger partial charge in [-0.15, -0.1) is 0 Å². The Bertz CT molecular complexity index is 435. The summed E-state index contributed by atoms with van der Waals surface area (Å²) in [4.78, 5) is 0. The van der Waals surface area contributed by atoms with Gasteiger partial charge >= 0.3 is 0 Å². The molecule has 0 aliphatic heterocycles. The molecular formula is C17H26FNO. The predicted octanol–water partition coefficient (Wildman–Crippen LogP) is 4.07. The van der Waals surface area contributed by atoms with Crippen LogP contribution in [0.4, 0.5) is 4.39 Å². The van der Waals surface area contributed by atoms with Crippen LogP contribution in [0.3, 0.4) is 0 Å². The minimum atomic E-state index is -0.201. The lowest BCUT2D eigenvalue weighted by molar-refractivity contribution is 0.0859. The number of rotatable bonds is 5. The minimum absolute atomic E-state index is 0.189. The highest BCUT2D eigenvalue weighted by atomic mass is 19.1. The summed E-state index contributed by atoms with van der Waals surface area (Å²) in [5.41, 5.74) is 0.873. The predicted molar refractivity (Wildman–Crippen MR) is 80.6 cm³/mol. The number of halogens is 1. The summed E-state index contributed by atoms with van der Waals surface area (Å²) in [5.74, 6) is 1.37. The maximum atomic E-state index is 13.2. The SMILES string of the molecule is CCCC1CCC(NC)C(Oc2ccc(F)cc2C)C1. The quantitative estimate of drug-likeness (QED) is 0.877. The maximum Gasteiger partial charge on any atom is 0.123 e. The van der Waals surface area contributed by atoms with Crippen LogP contribution >= 0.6 is 0 Å². The van der Waals surface area contributed by atoms with Gasteiger partial charge in [-0.05, 0) is 62.9 Å². The fourth-order valence-corrected chi connectivity index (χ4v) is 3.25. The molecule has 3 atom stereocenters. The van der Waals surface area contributed by atoms with Crippen molar-refractivity contribution < 1.29 is 9.13 Å². The number of ether oxygens (including phenoxy) is 1. The van der Waals surface area contributed by atoms with Crippen LogP contribution in [0, 0.1) is 18.7 Å². The molecule has 0 spiro atoms. The Morgan fingerprint density at radius 1 is 1.35 bits per heavy atom. The lowest BCUT2D eigenvalue weighted by Crippen LogP contribution is -2.45. The van der Waals surface area contributed by atoms with Crippen LogP contribution in [0.1, 0.15) is 44.6 Å². The molecular weight excluding hydrogens is 253 g/mol. The van der Waals surface area contributed by atoms with E-state index >= 15 is 0 Å². The lowest BCUT2D eigenvalue weighted by Gasteiger charge is -2.36. The van der Waals surface area contributed by atoms with E-state index in [0.717, 1.165) is 30.1 Å². The number of hydrogen-bond donors (Lipinski definition) is 1. The molecule has 3 heteroatoms. The maximum absolute atomic E-state index is 13.2. The highest BCUT2D eigenvalue weighted by Gasteiger charge is 2.30. The molecule has 0 aromatic heterocycles. The molecule has 1 aliphatic carbocycles. The Morgan fingerprint density at radius 3 is 2.80 bits per heavy atom. The monoisotopic (exact) mass is 279 g/mol. The molecule has 1 aromatic rings. The van der Waals surface area contributed by atoms with Crippen LogP contribution in [0.2, 0.25) is 0 Å². The fraction of sp³-hybridized carbons (Fsp3) is 0.647. The van der Waals surface area contributed by atoms with Gasteiger partial charge in [-0.3, -0.25) is 0 Å². The summed E-state index contributed by atoms with van der Waals surface area (Å²) in [7, 11) is 2.00. The van der Waals surface area contributed by atoms with Gasteiger partial charge in [0.2, 0.25) is 0 Å². The van der Waals surface area contributed by atoms with Crippen molar-refractivity contribution in [3.05, 3.63) is 29.6 Å². The number of benzene rings is 1. The molecule has 0 heterocycles. The molecule has 1 N–H and O–H groups in total. The molecule has 20 heavy (non-hydrogen) atoms. The average Bonchev–Trinajstić information content (AvgIpc) is 2.43. The van der Waals surface area contributed by atoms with Gasteiger partial charge in [0, 0.05) is 6.04 Å². The first-order valence-corrected chi connectivity index (χ1v) is 7.74. The first-order chi connectivity index (χ1) is 9.63. The Hall–Kier alpha value is -1.09. The molecule has 0 saturated heterocycles. The highest BCUT2D eigenvalue weighted by molar-refractivity contribution is 5.32. The Kier molecular flexibility index (Phi) is 5.41. The third kappa shape index (κ3) is 3.72. The zero-order valence-corrected chi connectivity index (χ0v) is 12.8. The van der Waals surface area contributed by atoms with Gasteiger partial charge in [-0.25, -0.2) is 4.39 Å². The molecule has 0 radical (unpaired) electrons. The smallest absolute Gasteiger partial charge is 0.123 e. The Morgan fingerprint density at radius 2 is 2.15 bits per heavy atom. The topological polar surface area (TPSA) is 21.3 Å². The summed E-state index contributed by atoms with van der Waals surface area (Å²) in [6.45, 7) is 4.14. The molecule has 1 saturated carbocycles. The van der Waals surface area contributed by atoms with Gasteiger partial charge in [0.1, 0.15) is 17.7 Å². The normalized spacial score (nSPS) is 26.5. The van der Waals surface area contributed by atoms with Gasteiger partial charge in [0.15, 0.2) is 0 Å². The van der Waals surface area contributed by atoms with Gasteiger partial charge in [0.25, 0.3) is 0 Å². The Labute approximate surface area is 121 Å². The second-order valence-electron chi connectivity index (χ2n) is 5.93. The number of nitrogens with one attached hydrogen (secondary N) is 1. The van der Waals surface area contributed by atoms with Crippen molar-refractivity contribution in [2.24, 2.45) is 5.92 Å². The largest absolute Gasteiger partial charge is 0.489 e. The second-order valence-corrected chi connectivity index (χ2v) is 5.93. The number of likely N-dealkylation sites (N-methyl/N-ethyl adjacent to an activating group) is 1. The zero-order chi connectivity index (χ0) is 14.5. The van der Waals surface area contributed by atoms with Crippen LogP contribution in [0.25, 0.3) is 0 Å². The van der Waals surface area contributed by atoms with Gasteiger partial charge in [-0.2, -0.15) is 0 Å². The van der Waals surface area contributed by atoms with Gasteiger partial charge < -0.3 is 10.1 Å². The summed E-state index contributed by atoms with van der Waals surface area (Å²) in [5, 5.41) is 3.37. The minimum Gasteiger partial charge on any atom is -0.489 e. The molecule has 0 bridgehead atoms. The van der Waals surface area contributed by atoms with Crippen molar-refractivity contribution in [3.8, 4) is 5.75 Å². The third-order valence-electron chi connectivity index (χ3n) is 4.38. The van der Waals surface area contributed by atoms with Crippen LogP contribution in [-0.4, -0.2) is 19.2 Å². The van der Waals surface area contributed by atoms with E-state index in [-0.39, 0.29) is 11.9 Å². The number of aryl methyl sites for hydroxylation is 1. The van der Waals surface area contributed by atoms with Crippen molar-refractivity contribution in [1.29, 1.82) is 0 Å². The lowest BCUT2D eigenvalue weighted by atomic mass is 9.81. The number of hydrogen-bond acceptors (Lipinski definition) is 2. The van der Waals surface area contributed by atoms with Gasteiger partial charge in [0.05, 0.1) is 0 Å². The van der Waals surface area contributed by atoms with E-state index in [0.29, 0.717) is 6.04 Å². The molecule has 3 unspecified atom stereocenters. The summed E-state index contributed by atoms with van der Waals surface area (Å²) < 4.78 is 19.4. The molecule has 0 amide bonds. The van der Waals surface area contributed by atoms with Crippen molar-refractivity contribution in [3.63, 3.8) is 0 Å². The highest BCUT2D eigenvalue weighted by Crippen LogP contribution is 2.31. The molecule has 112 valence electrons. The van der Waals surface area contributed by atoms with Crippen molar-refractivity contribution >= 4 is 0 Å². The van der Waals surface area contributed by atoms with E-state index in [2.05, 4.69) is 12.2 Å². The van der Waals surface area contributed by atoms with E-state index in [1.807, 2.05) is 14.0 Å². The zero-order valence-electron chi connectivity index (χ0n) is 12.8. The van der Waals surface area contributed by atoms with Crippen molar-refractivity contribution in [2.45, 2.75) is 58.1 Å². The van der Waals surface area contributed by atoms with Crippen LogP contribution in [0.5, 0.6) is 5.75 Å².